The number of Topliss-reactive ketones (excluding diaryl/α,β-unsaturated/α-hetero) is 1. The second-order valence-electron chi connectivity index (χ2n) is 5.11. The topological polar surface area (TPSA) is 83.5 Å². The summed E-state index contributed by atoms with van der Waals surface area (Å²) in [5.41, 5.74) is 2.75. The molecule has 5 heteroatoms. The smallest absolute Gasteiger partial charge is 0.303 e. The molecule has 1 aliphatic rings. The molecule has 0 fully saturated rings. The molecule has 0 bridgehead atoms. The highest BCUT2D eigenvalue weighted by Crippen LogP contribution is 2.24. The number of hydrogen-bond acceptors (Lipinski definition) is 3. The molecule has 0 spiro atoms. The van der Waals surface area contributed by atoms with E-state index in [1.54, 1.807) is 6.07 Å². The maximum absolute atomic E-state index is 11.9. The van der Waals surface area contributed by atoms with Crippen molar-refractivity contribution >= 4 is 17.7 Å². The van der Waals surface area contributed by atoms with Crippen LogP contribution in [0.25, 0.3) is 0 Å². The minimum atomic E-state index is -0.967. The molecule has 1 amide bonds. The molecule has 1 atom stereocenters. The van der Waals surface area contributed by atoms with Crippen molar-refractivity contribution in [2.45, 2.75) is 38.6 Å². The number of carbonyl (C=O) groups is 3. The van der Waals surface area contributed by atoms with Gasteiger partial charge in [0.25, 0.3) is 0 Å². The lowest BCUT2D eigenvalue weighted by atomic mass is 10.0. The first kappa shape index (κ1) is 14.2. The molecular weight excluding hydrogens is 258 g/mol. The van der Waals surface area contributed by atoms with Crippen LogP contribution in [-0.4, -0.2) is 28.8 Å². The molecule has 0 heterocycles. The normalized spacial score (nSPS) is 16.6. The highest BCUT2D eigenvalue weighted by molar-refractivity contribution is 5.97. The Kier molecular flexibility index (Phi) is 4.17. The third-order valence-corrected chi connectivity index (χ3v) is 3.43. The molecule has 1 aromatic carbocycles. The molecule has 2 N–H and O–H groups in total. The zero-order valence-corrected chi connectivity index (χ0v) is 11.3. The highest BCUT2D eigenvalue weighted by atomic mass is 16.4. The van der Waals surface area contributed by atoms with E-state index >= 15 is 0 Å². The molecule has 0 aromatic heterocycles. The number of hydrogen-bond donors (Lipinski definition) is 2. The number of aliphatic carboxylic acids is 1. The van der Waals surface area contributed by atoms with Gasteiger partial charge >= 0.3 is 5.97 Å². The van der Waals surface area contributed by atoms with Crippen molar-refractivity contribution in [3.8, 4) is 0 Å². The highest BCUT2D eigenvalue weighted by Gasteiger charge is 2.23. The molecular formula is C15H17NO4. The largest absolute Gasteiger partial charge is 0.481 e. The lowest BCUT2D eigenvalue weighted by Gasteiger charge is -2.08. The van der Waals surface area contributed by atoms with E-state index in [1.807, 2.05) is 12.1 Å². The molecule has 5 nitrogen and oxygen atoms in total. The Morgan fingerprint density at radius 3 is 2.55 bits per heavy atom. The summed E-state index contributed by atoms with van der Waals surface area (Å²) in [5, 5.41) is 11.5. The maximum atomic E-state index is 11.9. The van der Waals surface area contributed by atoms with Gasteiger partial charge < -0.3 is 10.4 Å². The fourth-order valence-corrected chi connectivity index (χ4v) is 2.55. The van der Waals surface area contributed by atoms with E-state index in [-0.39, 0.29) is 30.6 Å². The van der Waals surface area contributed by atoms with E-state index in [2.05, 4.69) is 5.32 Å². The van der Waals surface area contributed by atoms with Gasteiger partial charge in [-0.3, -0.25) is 14.4 Å². The Morgan fingerprint density at radius 2 is 1.90 bits per heavy atom. The van der Waals surface area contributed by atoms with Crippen LogP contribution in [0.5, 0.6) is 0 Å². The van der Waals surface area contributed by atoms with Crippen molar-refractivity contribution < 1.29 is 19.5 Å². The number of carboxylic acids is 1. The van der Waals surface area contributed by atoms with Crippen LogP contribution in [0.3, 0.4) is 0 Å². The fraction of sp³-hybridized carbons (Fsp3) is 0.400. The van der Waals surface area contributed by atoms with Crippen LogP contribution in [0.4, 0.5) is 0 Å². The third kappa shape index (κ3) is 3.44. The molecule has 1 aliphatic carbocycles. The summed E-state index contributed by atoms with van der Waals surface area (Å²) < 4.78 is 0. The van der Waals surface area contributed by atoms with Gasteiger partial charge in [-0.25, -0.2) is 0 Å². The Hall–Kier alpha value is -2.17. The van der Waals surface area contributed by atoms with Crippen molar-refractivity contribution in [1.82, 2.24) is 5.32 Å². The van der Waals surface area contributed by atoms with Gasteiger partial charge in [0, 0.05) is 24.9 Å². The number of fused-ring (bicyclic) bond motifs is 1. The number of amides is 1. The molecule has 2 rings (SSSR count). The third-order valence-electron chi connectivity index (χ3n) is 3.43. The predicted octanol–water partition coefficient (Wildman–Crippen LogP) is 1.34. The second kappa shape index (κ2) is 5.86. The van der Waals surface area contributed by atoms with Crippen LogP contribution < -0.4 is 5.32 Å². The molecule has 0 aliphatic heterocycles. The summed E-state index contributed by atoms with van der Waals surface area (Å²) in [7, 11) is 0. The van der Waals surface area contributed by atoms with Crippen LogP contribution in [0.1, 0.15) is 41.3 Å². The number of carbonyl (C=O) groups excluding carboxylic acids is 2. The predicted molar refractivity (Wildman–Crippen MR) is 72.7 cm³/mol. The SMILES string of the molecule is CC(=O)NC1Cc2ccc(C(=O)CCC(=O)O)cc2C1. The van der Waals surface area contributed by atoms with Crippen LogP contribution in [0.15, 0.2) is 18.2 Å². The number of ketones is 1. The van der Waals surface area contributed by atoms with Crippen LogP contribution in [-0.2, 0) is 22.4 Å². The first-order valence-corrected chi connectivity index (χ1v) is 6.59. The average Bonchev–Trinajstić information content (AvgIpc) is 2.75. The van der Waals surface area contributed by atoms with Crippen molar-refractivity contribution in [3.05, 3.63) is 34.9 Å². The number of nitrogens with one attached hydrogen (secondary N) is 1. The molecule has 106 valence electrons. The van der Waals surface area contributed by atoms with Gasteiger partial charge in [0.15, 0.2) is 5.78 Å². The number of rotatable bonds is 5. The van der Waals surface area contributed by atoms with Crippen LogP contribution in [0.2, 0.25) is 0 Å². The molecule has 0 saturated carbocycles. The quantitative estimate of drug-likeness (QED) is 0.794. The van der Waals surface area contributed by atoms with Gasteiger partial charge in [-0.1, -0.05) is 12.1 Å². The fourth-order valence-electron chi connectivity index (χ4n) is 2.55. The summed E-state index contributed by atoms with van der Waals surface area (Å²) in [6.07, 6.45) is 1.36. The summed E-state index contributed by atoms with van der Waals surface area (Å²) in [6.45, 7) is 1.49. The summed E-state index contributed by atoms with van der Waals surface area (Å²) in [5.74, 6) is -1.18. The lowest BCUT2D eigenvalue weighted by Crippen LogP contribution is -2.33. The summed E-state index contributed by atoms with van der Waals surface area (Å²) in [4.78, 5) is 33.4. The van der Waals surface area contributed by atoms with E-state index in [0.29, 0.717) is 5.56 Å². The van der Waals surface area contributed by atoms with Crippen LogP contribution >= 0.6 is 0 Å². The van der Waals surface area contributed by atoms with Crippen LogP contribution in [0, 0.1) is 0 Å². The monoisotopic (exact) mass is 275 g/mol. The zero-order chi connectivity index (χ0) is 14.7. The van der Waals surface area contributed by atoms with Gasteiger partial charge in [0.1, 0.15) is 0 Å². The van der Waals surface area contributed by atoms with Gasteiger partial charge in [-0.05, 0) is 30.0 Å². The van der Waals surface area contributed by atoms with Gasteiger partial charge in [0.2, 0.25) is 5.91 Å². The standard InChI is InChI=1S/C15H17NO4/c1-9(17)16-13-7-10-2-3-11(6-12(10)8-13)14(18)4-5-15(19)20/h2-3,6,13H,4-5,7-8H2,1H3,(H,16,17)(H,19,20). The molecule has 1 unspecified atom stereocenters. The number of benzene rings is 1. The van der Waals surface area contributed by atoms with Crippen molar-refractivity contribution in [3.63, 3.8) is 0 Å². The number of carboxylic acid groups (broad SMARTS) is 1. The van der Waals surface area contributed by atoms with E-state index in [1.165, 1.54) is 6.92 Å². The van der Waals surface area contributed by atoms with Gasteiger partial charge in [-0.2, -0.15) is 0 Å². The van der Waals surface area contributed by atoms with Gasteiger partial charge in [0.05, 0.1) is 6.42 Å². The lowest BCUT2D eigenvalue weighted by molar-refractivity contribution is -0.137. The Bertz CT molecular complexity index is 565. The Morgan fingerprint density at radius 1 is 1.20 bits per heavy atom. The Balaban J connectivity index is 2.05. The van der Waals surface area contributed by atoms with E-state index < -0.39 is 5.97 Å². The second-order valence-corrected chi connectivity index (χ2v) is 5.11. The van der Waals surface area contributed by atoms with E-state index in [0.717, 1.165) is 24.0 Å². The van der Waals surface area contributed by atoms with E-state index in [4.69, 9.17) is 5.11 Å². The van der Waals surface area contributed by atoms with Crippen molar-refractivity contribution in [2.24, 2.45) is 0 Å². The summed E-state index contributed by atoms with van der Waals surface area (Å²) >= 11 is 0. The molecule has 0 saturated heterocycles. The van der Waals surface area contributed by atoms with E-state index in [9.17, 15) is 14.4 Å². The molecule has 0 radical (unpaired) electrons. The van der Waals surface area contributed by atoms with Crippen molar-refractivity contribution in [1.29, 1.82) is 0 Å². The minimum Gasteiger partial charge on any atom is -0.481 e. The Labute approximate surface area is 117 Å². The minimum absolute atomic E-state index is 0.0171. The first-order valence-electron chi connectivity index (χ1n) is 6.59. The average molecular weight is 275 g/mol. The van der Waals surface area contributed by atoms with Crippen molar-refractivity contribution in [2.75, 3.05) is 0 Å². The molecule has 20 heavy (non-hydrogen) atoms. The first-order chi connectivity index (χ1) is 9.45. The zero-order valence-electron chi connectivity index (χ0n) is 11.3. The maximum Gasteiger partial charge on any atom is 0.303 e. The van der Waals surface area contributed by atoms with Gasteiger partial charge in [-0.15, -0.1) is 0 Å². The summed E-state index contributed by atoms with van der Waals surface area (Å²) in [6, 6.07) is 5.54. The molecule has 1 aromatic rings.